The van der Waals surface area contributed by atoms with Gasteiger partial charge >= 0.3 is 0 Å². The van der Waals surface area contributed by atoms with Gasteiger partial charge in [0, 0.05) is 5.56 Å². The molecule has 0 N–H and O–H groups in total. The summed E-state index contributed by atoms with van der Waals surface area (Å²) in [4.78, 5) is 0. The molecule has 0 radical (unpaired) electrons. The second kappa shape index (κ2) is 12.5. The first-order valence-corrected chi connectivity index (χ1v) is 18.3. The van der Waals surface area contributed by atoms with Gasteiger partial charge in [-0.3, -0.25) is 0 Å². The average molecular weight is 687 g/mol. The van der Waals surface area contributed by atoms with E-state index in [0.717, 1.165) is 39.2 Å². The molecule has 6 aromatic carbocycles. The second-order valence-electron chi connectivity index (χ2n) is 14.9. The van der Waals surface area contributed by atoms with Crippen LogP contribution in [0.1, 0.15) is 73.9 Å². The van der Waals surface area contributed by atoms with Crippen LogP contribution in [0.25, 0.3) is 44.4 Å². The van der Waals surface area contributed by atoms with Crippen molar-refractivity contribution in [1.29, 1.82) is 0 Å². The van der Waals surface area contributed by atoms with Crippen molar-refractivity contribution in [3.8, 4) is 44.9 Å². The highest BCUT2D eigenvalue weighted by Gasteiger charge is 2.46. The Morgan fingerprint density at radius 3 is 1.63 bits per heavy atom. The average Bonchev–Trinajstić information content (AvgIpc) is 3.76. The molecule has 254 valence electrons. The van der Waals surface area contributed by atoms with Crippen molar-refractivity contribution in [2.24, 2.45) is 0 Å². The summed E-state index contributed by atoms with van der Waals surface area (Å²) in [5, 5.41) is 0. The lowest BCUT2D eigenvalue weighted by atomic mass is 9.67. The van der Waals surface area contributed by atoms with Gasteiger partial charge in [0.15, 0.2) is 0 Å². The van der Waals surface area contributed by atoms with Gasteiger partial charge in [-0.05, 0) is 103 Å². The molecule has 1 heterocycles. The zero-order valence-electron chi connectivity index (χ0n) is 30.2. The van der Waals surface area contributed by atoms with Crippen molar-refractivity contribution in [2.45, 2.75) is 51.4 Å². The minimum Gasteiger partial charge on any atom is -0.497 e. The van der Waals surface area contributed by atoms with Gasteiger partial charge in [0.25, 0.3) is 0 Å². The number of rotatable bonds is 7. The molecule has 0 amide bonds. The van der Waals surface area contributed by atoms with Crippen molar-refractivity contribution >= 4 is 22.8 Å². The summed E-state index contributed by atoms with van der Waals surface area (Å²) in [5.41, 5.74) is 16.0. The molecule has 1 aromatic heterocycles. The van der Waals surface area contributed by atoms with E-state index in [-0.39, 0.29) is 5.41 Å². The van der Waals surface area contributed by atoms with Crippen molar-refractivity contribution in [3.63, 3.8) is 0 Å². The molecule has 1 aliphatic rings. The number of nitrogens with zero attached hydrogens (tertiary/aromatic N) is 2. The van der Waals surface area contributed by atoms with Gasteiger partial charge in [-0.15, -0.1) is 0 Å². The predicted molar refractivity (Wildman–Crippen MR) is 211 cm³/mol. The van der Waals surface area contributed by atoms with Crippen LogP contribution in [-0.4, -0.2) is 23.0 Å². The Kier molecular flexibility index (Phi) is 8.07. The molecule has 0 fully saturated rings. The number of ether oxygens (including phenoxy) is 2. The fourth-order valence-electron chi connectivity index (χ4n) is 7.90. The molecule has 51 heavy (non-hydrogen) atoms. The number of hydrogen-bond acceptors (Lipinski definition) is 5. The molecule has 0 aliphatic heterocycles. The first-order valence-electron chi connectivity index (χ1n) is 17.6. The van der Waals surface area contributed by atoms with E-state index in [1.165, 1.54) is 61.8 Å². The summed E-state index contributed by atoms with van der Waals surface area (Å²) in [6.07, 6.45) is 0. The van der Waals surface area contributed by atoms with Gasteiger partial charge in [-0.2, -0.15) is 8.75 Å². The molecular formula is C46H42N2O2S. The van der Waals surface area contributed by atoms with E-state index in [2.05, 4.69) is 156 Å². The fourth-order valence-corrected chi connectivity index (χ4v) is 8.47. The first-order chi connectivity index (χ1) is 24.6. The Bertz CT molecular complexity index is 2330. The normalized spacial score (nSPS) is 13.3. The van der Waals surface area contributed by atoms with Crippen LogP contribution in [0.5, 0.6) is 11.5 Å². The van der Waals surface area contributed by atoms with Crippen molar-refractivity contribution in [1.82, 2.24) is 8.75 Å². The Morgan fingerprint density at radius 1 is 0.549 bits per heavy atom. The molecule has 0 unspecified atom stereocenters. The van der Waals surface area contributed by atoms with Crippen LogP contribution < -0.4 is 9.47 Å². The summed E-state index contributed by atoms with van der Waals surface area (Å²) in [6.45, 7) is 11.2. The van der Waals surface area contributed by atoms with E-state index in [1.807, 2.05) is 0 Å². The van der Waals surface area contributed by atoms with Crippen LogP contribution in [0.4, 0.5) is 0 Å². The van der Waals surface area contributed by atoms with Crippen LogP contribution in [0.15, 0.2) is 121 Å². The number of hydrogen-bond donors (Lipinski definition) is 0. The summed E-state index contributed by atoms with van der Waals surface area (Å²) in [5.74, 6) is 2.07. The Labute approximate surface area is 305 Å². The Balaban J connectivity index is 1.31. The number of fused-ring (bicyclic) bond motifs is 4. The summed E-state index contributed by atoms with van der Waals surface area (Å²) < 4.78 is 20.7. The van der Waals surface area contributed by atoms with E-state index in [1.54, 1.807) is 14.2 Å². The van der Waals surface area contributed by atoms with Gasteiger partial charge in [0.2, 0.25) is 0 Å². The topological polar surface area (TPSA) is 44.2 Å². The number of aromatic nitrogens is 2. The molecule has 0 saturated carbocycles. The lowest BCUT2D eigenvalue weighted by molar-refractivity contribution is 0.414. The maximum atomic E-state index is 5.63. The SMILES string of the molecule is COc1ccc(C2(c3ccc(OC)cc3)c3cc(-c4ccc(-c5ccc(C(C)(C)C)c6nsnc56)cc4)ccc3-c3ccc(C(C)C)cc32)cc1. The fraction of sp³-hybridized carbons (Fsp3) is 0.217. The second-order valence-corrected chi connectivity index (χ2v) is 15.4. The third kappa shape index (κ3) is 5.34. The van der Waals surface area contributed by atoms with Gasteiger partial charge in [0.05, 0.1) is 31.4 Å². The quantitative estimate of drug-likeness (QED) is 0.167. The Morgan fingerprint density at radius 2 is 1.06 bits per heavy atom. The first kappa shape index (κ1) is 32.9. The molecular weight excluding hydrogens is 645 g/mol. The smallest absolute Gasteiger partial charge is 0.118 e. The highest BCUT2D eigenvalue weighted by molar-refractivity contribution is 7.00. The number of benzene rings is 6. The van der Waals surface area contributed by atoms with Crippen molar-refractivity contribution in [3.05, 3.63) is 155 Å². The van der Waals surface area contributed by atoms with Gasteiger partial charge < -0.3 is 9.47 Å². The van der Waals surface area contributed by atoms with Crippen LogP contribution in [-0.2, 0) is 10.8 Å². The monoisotopic (exact) mass is 686 g/mol. The zero-order valence-corrected chi connectivity index (χ0v) is 31.1. The van der Waals surface area contributed by atoms with E-state index in [4.69, 9.17) is 18.2 Å². The molecule has 4 nitrogen and oxygen atoms in total. The third-order valence-electron chi connectivity index (χ3n) is 10.6. The highest BCUT2D eigenvalue weighted by atomic mass is 32.1. The largest absolute Gasteiger partial charge is 0.497 e. The molecule has 5 heteroatoms. The van der Waals surface area contributed by atoms with Gasteiger partial charge in [-0.25, -0.2) is 0 Å². The van der Waals surface area contributed by atoms with Crippen LogP contribution >= 0.6 is 11.7 Å². The standard InChI is InChI=1S/C46H42N2O2S/c1-28(2)31-12-22-38-39-23-13-32(29-8-10-30(11-9-29)37-24-25-40(45(3,4)5)44-43(37)47-51-48-44)27-42(39)46(41(38)26-31,33-14-18-35(49-6)19-15-33)34-16-20-36(50-7)21-17-34/h8-28H,1-7H3. The van der Waals surface area contributed by atoms with E-state index in [0.29, 0.717) is 5.92 Å². The zero-order chi connectivity index (χ0) is 35.5. The lowest BCUT2D eigenvalue weighted by Gasteiger charge is -2.34. The van der Waals surface area contributed by atoms with Crippen molar-refractivity contribution in [2.75, 3.05) is 14.2 Å². The summed E-state index contributed by atoms with van der Waals surface area (Å²) >= 11 is 1.29. The molecule has 0 bridgehead atoms. The van der Waals surface area contributed by atoms with Gasteiger partial charge in [-0.1, -0.05) is 126 Å². The molecule has 7 aromatic rings. The molecule has 8 rings (SSSR count). The molecule has 0 spiro atoms. The predicted octanol–water partition coefficient (Wildman–Crippen LogP) is 11.8. The van der Waals surface area contributed by atoms with Crippen LogP contribution in [0, 0.1) is 0 Å². The molecule has 1 aliphatic carbocycles. The van der Waals surface area contributed by atoms with Crippen LogP contribution in [0.2, 0.25) is 0 Å². The minimum absolute atomic E-state index is 0.00711. The van der Waals surface area contributed by atoms with Crippen molar-refractivity contribution < 1.29 is 9.47 Å². The minimum atomic E-state index is -0.553. The highest BCUT2D eigenvalue weighted by Crippen LogP contribution is 2.57. The molecule has 0 atom stereocenters. The maximum Gasteiger partial charge on any atom is 0.118 e. The van der Waals surface area contributed by atoms with E-state index in [9.17, 15) is 0 Å². The summed E-state index contributed by atoms with van der Waals surface area (Å²) in [6, 6.07) is 44.6. The summed E-state index contributed by atoms with van der Waals surface area (Å²) in [7, 11) is 3.44. The third-order valence-corrected chi connectivity index (χ3v) is 11.2. The van der Waals surface area contributed by atoms with E-state index >= 15 is 0 Å². The van der Waals surface area contributed by atoms with E-state index < -0.39 is 5.41 Å². The van der Waals surface area contributed by atoms with Crippen LogP contribution in [0.3, 0.4) is 0 Å². The number of methoxy groups -OCH3 is 2. The lowest BCUT2D eigenvalue weighted by Crippen LogP contribution is -2.28. The Hall–Kier alpha value is -5.26. The molecule has 0 saturated heterocycles. The van der Waals surface area contributed by atoms with Gasteiger partial charge in [0.1, 0.15) is 22.5 Å². The maximum absolute atomic E-state index is 5.63.